The van der Waals surface area contributed by atoms with E-state index in [0.717, 1.165) is 19.5 Å². The predicted molar refractivity (Wildman–Crippen MR) is 84.9 cm³/mol. The molecule has 0 aliphatic heterocycles. The average molecular weight is 273 g/mol. The molecule has 2 heteroatoms. The molecule has 1 N–H and O–H groups in total. The van der Waals surface area contributed by atoms with Crippen molar-refractivity contribution in [3.05, 3.63) is 56.3 Å². The fourth-order valence-electron chi connectivity index (χ4n) is 2.63. The third kappa shape index (κ3) is 3.46. The Morgan fingerprint density at radius 2 is 1.74 bits per heavy atom. The van der Waals surface area contributed by atoms with Gasteiger partial charge in [-0.15, -0.1) is 11.3 Å². The first kappa shape index (κ1) is 14.3. The van der Waals surface area contributed by atoms with E-state index in [0.29, 0.717) is 0 Å². The highest BCUT2D eigenvalue weighted by molar-refractivity contribution is 7.10. The van der Waals surface area contributed by atoms with Crippen molar-refractivity contribution in [3.8, 4) is 0 Å². The molecule has 0 unspecified atom stereocenters. The van der Waals surface area contributed by atoms with Gasteiger partial charge in [0.15, 0.2) is 0 Å². The Bertz CT molecular complexity index is 531. The standard InChI is InChI=1S/C17H23NS/c1-5-15-6-7-19-17(15)11-18-10-16-13(3)8-12(2)9-14(16)4/h6-9,18H,5,10-11H2,1-4H3. The lowest BCUT2D eigenvalue weighted by Gasteiger charge is -2.12. The zero-order chi connectivity index (χ0) is 13.8. The van der Waals surface area contributed by atoms with Gasteiger partial charge in [0.1, 0.15) is 0 Å². The molecule has 0 aliphatic carbocycles. The fraction of sp³-hybridized carbons (Fsp3) is 0.412. The summed E-state index contributed by atoms with van der Waals surface area (Å²) >= 11 is 1.86. The Hall–Kier alpha value is -1.12. The topological polar surface area (TPSA) is 12.0 Å². The molecule has 0 fully saturated rings. The average Bonchev–Trinajstić information content (AvgIpc) is 2.79. The highest BCUT2D eigenvalue weighted by Crippen LogP contribution is 2.19. The third-order valence-electron chi connectivity index (χ3n) is 3.65. The Morgan fingerprint density at radius 3 is 2.37 bits per heavy atom. The number of rotatable bonds is 5. The third-order valence-corrected chi connectivity index (χ3v) is 4.61. The van der Waals surface area contributed by atoms with Gasteiger partial charge in [-0.25, -0.2) is 0 Å². The molecule has 1 nitrogen and oxygen atoms in total. The minimum absolute atomic E-state index is 0.957. The van der Waals surface area contributed by atoms with Gasteiger partial charge in [-0.2, -0.15) is 0 Å². The van der Waals surface area contributed by atoms with Crippen LogP contribution < -0.4 is 5.32 Å². The van der Waals surface area contributed by atoms with Gasteiger partial charge in [0.05, 0.1) is 0 Å². The molecule has 0 amide bonds. The maximum absolute atomic E-state index is 3.59. The van der Waals surface area contributed by atoms with Crippen molar-refractivity contribution in [2.75, 3.05) is 0 Å². The van der Waals surface area contributed by atoms with Crippen molar-refractivity contribution in [2.24, 2.45) is 0 Å². The van der Waals surface area contributed by atoms with Gasteiger partial charge in [-0.1, -0.05) is 24.6 Å². The predicted octanol–water partition coefficient (Wildman–Crippen LogP) is 4.53. The smallest absolute Gasteiger partial charge is 0.0305 e. The number of hydrogen-bond acceptors (Lipinski definition) is 2. The Morgan fingerprint density at radius 1 is 1.05 bits per heavy atom. The van der Waals surface area contributed by atoms with Gasteiger partial charge in [0, 0.05) is 18.0 Å². The number of aryl methyl sites for hydroxylation is 4. The van der Waals surface area contributed by atoms with Gasteiger partial charge in [0.25, 0.3) is 0 Å². The van der Waals surface area contributed by atoms with E-state index in [-0.39, 0.29) is 0 Å². The zero-order valence-corrected chi connectivity index (χ0v) is 13.2. The van der Waals surface area contributed by atoms with Crippen molar-refractivity contribution in [3.63, 3.8) is 0 Å². The number of thiophene rings is 1. The van der Waals surface area contributed by atoms with Crippen LogP contribution in [0.5, 0.6) is 0 Å². The minimum Gasteiger partial charge on any atom is -0.308 e. The van der Waals surface area contributed by atoms with Crippen LogP contribution in [0.1, 0.15) is 39.6 Å². The van der Waals surface area contributed by atoms with Gasteiger partial charge in [0.2, 0.25) is 0 Å². The quantitative estimate of drug-likeness (QED) is 0.844. The van der Waals surface area contributed by atoms with Crippen LogP contribution in [0.4, 0.5) is 0 Å². The van der Waals surface area contributed by atoms with E-state index in [1.54, 1.807) is 0 Å². The van der Waals surface area contributed by atoms with E-state index >= 15 is 0 Å². The van der Waals surface area contributed by atoms with Crippen LogP contribution >= 0.6 is 11.3 Å². The summed E-state index contributed by atoms with van der Waals surface area (Å²) in [6.45, 7) is 10.7. The second-order valence-corrected chi connectivity index (χ2v) is 6.20. The summed E-state index contributed by atoms with van der Waals surface area (Å²) in [7, 11) is 0. The van der Waals surface area contributed by atoms with E-state index in [4.69, 9.17) is 0 Å². The summed E-state index contributed by atoms with van der Waals surface area (Å²) < 4.78 is 0. The summed E-state index contributed by atoms with van der Waals surface area (Å²) in [5.74, 6) is 0. The molecule has 0 bridgehead atoms. The van der Waals surface area contributed by atoms with Gasteiger partial charge in [-0.3, -0.25) is 0 Å². The molecule has 2 rings (SSSR count). The van der Waals surface area contributed by atoms with Gasteiger partial charge >= 0.3 is 0 Å². The SMILES string of the molecule is CCc1ccsc1CNCc1c(C)cc(C)cc1C. The van der Waals surface area contributed by atoms with E-state index in [2.05, 4.69) is 56.6 Å². The molecule has 0 saturated carbocycles. The first-order chi connectivity index (χ1) is 9.11. The van der Waals surface area contributed by atoms with E-state index in [1.807, 2.05) is 11.3 Å². The molecule has 0 spiro atoms. The van der Waals surface area contributed by atoms with Crippen molar-refractivity contribution >= 4 is 11.3 Å². The first-order valence-corrected chi connectivity index (χ1v) is 7.82. The number of hydrogen-bond donors (Lipinski definition) is 1. The Kier molecular flexibility index (Phi) is 4.78. The van der Waals surface area contributed by atoms with Crippen LogP contribution in [0.2, 0.25) is 0 Å². The van der Waals surface area contributed by atoms with Crippen LogP contribution in [0.25, 0.3) is 0 Å². The largest absolute Gasteiger partial charge is 0.308 e. The molecule has 1 aromatic carbocycles. The minimum atomic E-state index is 0.957. The zero-order valence-electron chi connectivity index (χ0n) is 12.3. The molecule has 19 heavy (non-hydrogen) atoms. The molecular weight excluding hydrogens is 250 g/mol. The summed E-state index contributed by atoms with van der Waals surface area (Å²) in [5, 5.41) is 5.78. The molecule has 0 aliphatic rings. The number of nitrogens with one attached hydrogen (secondary N) is 1. The van der Waals surface area contributed by atoms with Crippen molar-refractivity contribution in [1.82, 2.24) is 5.32 Å². The van der Waals surface area contributed by atoms with Gasteiger partial charge < -0.3 is 5.32 Å². The Balaban J connectivity index is 2.00. The summed E-state index contributed by atoms with van der Waals surface area (Å²) in [6.07, 6.45) is 1.13. The lowest BCUT2D eigenvalue weighted by molar-refractivity contribution is 0.691. The van der Waals surface area contributed by atoms with Gasteiger partial charge in [-0.05, 0) is 60.9 Å². The van der Waals surface area contributed by atoms with E-state index < -0.39 is 0 Å². The van der Waals surface area contributed by atoms with Crippen LogP contribution in [-0.4, -0.2) is 0 Å². The van der Waals surface area contributed by atoms with Crippen LogP contribution in [0, 0.1) is 20.8 Å². The Labute approximate surface area is 120 Å². The van der Waals surface area contributed by atoms with Crippen LogP contribution in [0.3, 0.4) is 0 Å². The van der Waals surface area contributed by atoms with Crippen molar-refractivity contribution in [1.29, 1.82) is 0 Å². The molecule has 1 aromatic heterocycles. The van der Waals surface area contributed by atoms with E-state index in [1.165, 1.54) is 32.7 Å². The number of benzene rings is 1. The second kappa shape index (κ2) is 6.36. The van der Waals surface area contributed by atoms with Crippen molar-refractivity contribution < 1.29 is 0 Å². The van der Waals surface area contributed by atoms with Crippen LogP contribution in [-0.2, 0) is 19.5 Å². The summed E-state index contributed by atoms with van der Waals surface area (Å²) in [6, 6.07) is 6.78. The first-order valence-electron chi connectivity index (χ1n) is 6.94. The van der Waals surface area contributed by atoms with E-state index in [9.17, 15) is 0 Å². The lowest BCUT2D eigenvalue weighted by atomic mass is 10.00. The highest BCUT2D eigenvalue weighted by atomic mass is 32.1. The summed E-state index contributed by atoms with van der Waals surface area (Å²) in [4.78, 5) is 1.48. The maximum atomic E-state index is 3.59. The highest BCUT2D eigenvalue weighted by Gasteiger charge is 2.05. The molecular formula is C17H23NS. The molecule has 1 heterocycles. The van der Waals surface area contributed by atoms with Crippen LogP contribution in [0.15, 0.2) is 23.6 Å². The molecule has 0 saturated heterocycles. The fourth-order valence-corrected chi connectivity index (χ4v) is 3.57. The van der Waals surface area contributed by atoms with Crippen molar-refractivity contribution in [2.45, 2.75) is 47.2 Å². The molecule has 102 valence electrons. The normalized spacial score (nSPS) is 10.9. The maximum Gasteiger partial charge on any atom is 0.0305 e. The summed E-state index contributed by atoms with van der Waals surface area (Å²) in [5.41, 5.74) is 7.07. The monoisotopic (exact) mass is 273 g/mol. The lowest BCUT2D eigenvalue weighted by Crippen LogP contribution is -2.14. The molecule has 2 aromatic rings. The second-order valence-electron chi connectivity index (χ2n) is 5.20. The molecule has 0 radical (unpaired) electrons. The molecule has 0 atom stereocenters.